The molecule has 1 N–H and O–H groups in total. The third-order valence-corrected chi connectivity index (χ3v) is 5.56. The lowest BCUT2D eigenvalue weighted by Crippen LogP contribution is -2.42. The first kappa shape index (κ1) is 21.4. The van der Waals surface area contributed by atoms with Gasteiger partial charge < -0.3 is 5.32 Å². The number of carbonyl (C=O) groups excluding carboxylic acids is 1. The Hall–Kier alpha value is -3.26. The Balaban J connectivity index is 1.89. The highest BCUT2D eigenvalue weighted by Gasteiger charge is 2.26. The zero-order valence-corrected chi connectivity index (χ0v) is 16.9. The van der Waals surface area contributed by atoms with Gasteiger partial charge in [-0.25, -0.2) is 17.2 Å². The Kier molecular flexibility index (Phi) is 6.47. The first-order valence-electron chi connectivity index (χ1n) is 9.08. The highest BCUT2D eigenvalue weighted by Crippen LogP contribution is 2.24. The van der Waals surface area contributed by atoms with Gasteiger partial charge in [0.2, 0.25) is 15.9 Å². The monoisotopic (exact) mass is 430 g/mol. The van der Waals surface area contributed by atoms with E-state index in [9.17, 15) is 22.0 Å². The molecule has 0 radical (unpaired) electrons. The van der Waals surface area contributed by atoms with Crippen LogP contribution >= 0.6 is 0 Å². The number of rotatable bonds is 7. The summed E-state index contributed by atoms with van der Waals surface area (Å²) in [5.41, 5.74) is 1.21. The highest BCUT2D eigenvalue weighted by molar-refractivity contribution is 7.92. The van der Waals surface area contributed by atoms with E-state index >= 15 is 0 Å². The molecule has 0 spiro atoms. The van der Waals surface area contributed by atoms with E-state index in [0.29, 0.717) is 10.4 Å². The van der Waals surface area contributed by atoms with Gasteiger partial charge in [-0.3, -0.25) is 9.10 Å². The van der Waals surface area contributed by atoms with Gasteiger partial charge in [-0.1, -0.05) is 60.7 Å². The van der Waals surface area contributed by atoms with Crippen molar-refractivity contribution in [2.24, 2.45) is 0 Å². The van der Waals surface area contributed by atoms with E-state index in [2.05, 4.69) is 5.32 Å². The summed E-state index contributed by atoms with van der Waals surface area (Å²) in [5, 5.41) is 2.81. The van der Waals surface area contributed by atoms with Gasteiger partial charge >= 0.3 is 0 Å². The summed E-state index contributed by atoms with van der Waals surface area (Å²) in [7, 11) is -4.00. The van der Waals surface area contributed by atoms with Crippen molar-refractivity contribution in [3.05, 3.63) is 102 Å². The third-order valence-electron chi connectivity index (χ3n) is 4.44. The van der Waals surface area contributed by atoms with E-state index in [1.807, 2.05) is 60.7 Å². The van der Waals surface area contributed by atoms with Crippen LogP contribution < -0.4 is 9.62 Å². The molecule has 3 aromatic carbocycles. The Morgan fingerprint density at radius 1 is 0.933 bits per heavy atom. The first-order chi connectivity index (χ1) is 14.3. The lowest BCUT2D eigenvalue weighted by molar-refractivity contribution is -0.120. The smallest absolute Gasteiger partial charge is 0.241 e. The summed E-state index contributed by atoms with van der Waals surface area (Å²) in [6.45, 7) is -0.655. The Labute approximate surface area is 174 Å². The van der Waals surface area contributed by atoms with E-state index in [4.69, 9.17) is 0 Å². The first-order valence-corrected chi connectivity index (χ1v) is 10.9. The summed E-state index contributed by atoms with van der Waals surface area (Å²) in [6.07, 6.45) is 0.856. The maximum absolute atomic E-state index is 14.2. The van der Waals surface area contributed by atoms with Gasteiger partial charge in [-0.05, 0) is 23.3 Å². The van der Waals surface area contributed by atoms with Gasteiger partial charge in [0.05, 0.1) is 18.0 Å². The van der Waals surface area contributed by atoms with Crippen molar-refractivity contribution in [3.63, 3.8) is 0 Å². The molecule has 5 nitrogen and oxygen atoms in total. The molecule has 1 amide bonds. The second-order valence-corrected chi connectivity index (χ2v) is 8.59. The van der Waals surface area contributed by atoms with E-state index in [1.54, 1.807) is 0 Å². The normalized spacial score (nSPS) is 11.3. The maximum Gasteiger partial charge on any atom is 0.241 e. The standard InChI is InChI=1S/C22H20F2N2O3S/c1-30(28,29)26(20-13-12-18(23)14-19(20)24)15-21(27)25-22(16-8-4-2-5-9-16)17-10-6-3-7-11-17/h2-14,22H,15H2,1H3,(H,25,27). The molecule has 0 aliphatic carbocycles. The molecule has 156 valence electrons. The van der Waals surface area contributed by atoms with Crippen molar-refractivity contribution in [1.29, 1.82) is 0 Å². The molecular formula is C22H20F2N2O3S. The molecule has 0 aliphatic rings. The molecule has 0 saturated carbocycles. The second kappa shape index (κ2) is 9.04. The van der Waals surface area contributed by atoms with Crippen LogP contribution in [0.4, 0.5) is 14.5 Å². The van der Waals surface area contributed by atoms with Gasteiger partial charge in [0.25, 0.3) is 0 Å². The minimum atomic E-state index is -4.00. The number of anilines is 1. The average Bonchev–Trinajstić information content (AvgIpc) is 2.71. The van der Waals surface area contributed by atoms with Gasteiger partial charge in [0, 0.05) is 6.07 Å². The third kappa shape index (κ3) is 5.21. The molecule has 0 aromatic heterocycles. The van der Waals surface area contributed by atoms with Gasteiger partial charge in [-0.15, -0.1) is 0 Å². The minimum absolute atomic E-state index is 0.398. The van der Waals surface area contributed by atoms with Crippen molar-refractivity contribution in [3.8, 4) is 0 Å². The molecule has 0 fully saturated rings. The Morgan fingerprint density at radius 3 is 1.93 bits per heavy atom. The van der Waals surface area contributed by atoms with Crippen molar-refractivity contribution < 1.29 is 22.0 Å². The number of hydrogen-bond acceptors (Lipinski definition) is 3. The van der Waals surface area contributed by atoms with Crippen LogP contribution in [0.25, 0.3) is 0 Å². The summed E-state index contributed by atoms with van der Waals surface area (Å²) >= 11 is 0. The fourth-order valence-corrected chi connectivity index (χ4v) is 3.91. The maximum atomic E-state index is 14.2. The van der Waals surface area contributed by atoms with Crippen molar-refractivity contribution in [1.82, 2.24) is 5.32 Å². The predicted molar refractivity (Wildman–Crippen MR) is 111 cm³/mol. The predicted octanol–water partition coefficient (Wildman–Crippen LogP) is 3.64. The second-order valence-electron chi connectivity index (χ2n) is 6.69. The van der Waals surface area contributed by atoms with E-state index < -0.39 is 45.8 Å². The van der Waals surface area contributed by atoms with Crippen LogP contribution in [0.1, 0.15) is 17.2 Å². The Bertz CT molecular complexity index is 1080. The quantitative estimate of drug-likeness (QED) is 0.623. The fourth-order valence-electron chi connectivity index (χ4n) is 3.05. The summed E-state index contributed by atoms with van der Waals surface area (Å²) in [5.74, 6) is -2.56. The topological polar surface area (TPSA) is 66.5 Å². The summed E-state index contributed by atoms with van der Waals surface area (Å²) in [4.78, 5) is 12.8. The van der Waals surface area contributed by atoms with Crippen LogP contribution in [0, 0.1) is 11.6 Å². The number of nitrogens with one attached hydrogen (secondary N) is 1. The molecule has 0 bridgehead atoms. The minimum Gasteiger partial charge on any atom is -0.344 e. The SMILES string of the molecule is CS(=O)(=O)N(CC(=O)NC(c1ccccc1)c1ccccc1)c1ccc(F)cc1F. The largest absolute Gasteiger partial charge is 0.344 e. The fraction of sp³-hybridized carbons (Fsp3) is 0.136. The molecule has 0 saturated heterocycles. The Morgan fingerprint density at radius 2 is 1.47 bits per heavy atom. The zero-order chi connectivity index (χ0) is 21.7. The molecule has 8 heteroatoms. The number of carbonyl (C=O) groups is 1. The molecule has 0 heterocycles. The molecule has 3 rings (SSSR count). The number of hydrogen-bond donors (Lipinski definition) is 1. The number of sulfonamides is 1. The average molecular weight is 430 g/mol. The lowest BCUT2D eigenvalue weighted by atomic mass is 9.99. The molecule has 0 unspecified atom stereocenters. The lowest BCUT2D eigenvalue weighted by Gasteiger charge is -2.25. The number of amides is 1. The van der Waals surface area contributed by atoms with Crippen molar-refractivity contribution in [2.45, 2.75) is 6.04 Å². The molecular weight excluding hydrogens is 410 g/mol. The van der Waals surface area contributed by atoms with Crippen LogP contribution in [-0.4, -0.2) is 27.1 Å². The number of benzene rings is 3. The number of halogens is 2. The van der Waals surface area contributed by atoms with E-state index in [0.717, 1.165) is 29.5 Å². The summed E-state index contributed by atoms with van der Waals surface area (Å²) in [6, 6.07) is 20.3. The van der Waals surface area contributed by atoms with Crippen LogP contribution in [0.15, 0.2) is 78.9 Å². The van der Waals surface area contributed by atoms with Crippen LogP contribution in [0.3, 0.4) is 0 Å². The number of nitrogens with zero attached hydrogens (tertiary/aromatic N) is 1. The highest BCUT2D eigenvalue weighted by atomic mass is 32.2. The summed E-state index contributed by atoms with van der Waals surface area (Å²) < 4.78 is 52.5. The molecule has 0 aliphatic heterocycles. The van der Waals surface area contributed by atoms with Gasteiger partial charge in [-0.2, -0.15) is 0 Å². The van der Waals surface area contributed by atoms with Crippen molar-refractivity contribution in [2.75, 3.05) is 17.1 Å². The van der Waals surface area contributed by atoms with Crippen LogP contribution in [-0.2, 0) is 14.8 Å². The van der Waals surface area contributed by atoms with Gasteiger partial charge in [0.1, 0.15) is 18.2 Å². The van der Waals surface area contributed by atoms with Crippen molar-refractivity contribution >= 4 is 21.6 Å². The van der Waals surface area contributed by atoms with Gasteiger partial charge in [0.15, 0.2) is 0 Å². The van der Waals surface area contributed by atoms with E-state index in [-0.39, 0.29) is 0 Å². The molecule has 30 heavy (non-hydrogen) atoms. The molecule has 3 aromatic rings. The zero-order valence-electron chi connectivity index (χ0n) is 16.1. The molecule has 0 atom stereocenters. The van der Waals surface area contributed by atoms with E-state index in [1.165, 1.54) is 0 Å². The van der Waals surface area contributed by atoms with Crippen LogP contribution in [0.2, 0.25) is 0 Å². The van der Waals surface area contributed by atoms with Crippen LogP contribution in [0.5, 0.6) is 0 Å².